The Morgan fingerprint density at radius 1 is 1.22 bits per heavy atom. The van der Waals surface area contributed by atoms with Gasteiger partial charge in [-0.25, -0.2) is 0 Å². The van der Waals surface area contributed by atoms with Crippen LogP contribution in [-0.4, -0.2) is 19.2 Å². The zero-order valence-corrected chi connectivity index (χ0v) is 12.4. The zero-order chi connectivity index (χ0) is 13.5. The minimum absolute atomic E-state index is 0.442. The van der Waals surface area contributed by atoms with Gasteiger partial charge in [-0.15, -0.1) is 0 Å². The topological polar surface area (TPSA) is 21.3 Å². The van der Waals surface area contributed by atoms with Crippen LogP contribution in [0.1, 0.15) is 51.2 Å². The van der Waals surface area contributed by atoms with Crippen molar-refractivity contribution in [3.05, 3.63) is 29.3 Å². The highest BCUT2D eigenvalue weighted by Gasteiger charge is 2.08. The average Bonchev–Trinajstić information content (AvgIpc) is 2.35. The first-order valence-electron chi connectivity index (χ1n) is 7.05. The number of rotatable bonds is 7. The predicted octanol–water partition coefficient (Wildman–Crippen LogP) is 3.89. The maximum absolute atomic E-state index is 5.97. The average molecular weight is 249 g/mol. The number of nitrogens with one attached hydrogen (secondary N) is 1. The molecular weight excluding hydrogens is 222 g/mol. The van der Waals surface area contributed by atoms with Crippen molar-refractivity contribution in [2.45, 2.75) is 53.0 Å². The number of aryl methyl sites for hydroxylation is 1. The van der Waals surface area contributed by atoms with Crippen molar-refractivity contribution < 1.29 is 4.74 Å². The largest absolute Gasteiger partial charge is 0.492 e. The van der Waals surface area contributed by atoms with Crippen molar-refractivity contribution in [1.29, 1.82) is 0 Å². The van der Waals surface area contributed by atoms with Crippen LogP contribution in [0.25, 0.3) is 0 Å². The van der Waals surface area contributed by atoms with Crippen molar-refractivity contribution >= 4 is 0 Å². The first-order chi connectivity index (χ1) is 8.58. The molecule has 0 saturated carbocycles. The summed E-state index contributed by atoms with van der Waals surface area (Å²) in [7, 11) is 0. The standard InChI is InChI=1S/C16H27NO/c1-6-15(17-7-2)11-18-16-10-14(12(3)4)9-8-13(16)5/h8-10,12,15,17H,6-7,11H2,1-5H3. The molecule has 102 valence electrons. The summed E-state index contributed by atoms with van der Waals surface area (Å²) in [5, 5.41) is 3.43. The van der Waals surface area contributed by atoms with Gasteiger partial charge in [0.05, 0.1) is 0 Å². The van der Waals surface area contributed by atoms with E-state index < -0.39 is 0 Å². The molecular formula is C16H27NO. The van der Waals surface area contributed by atoms with Crippen LogP contribution in [0.4, 0.5) is 0 Å². The number of benzene rings is 1. The smallest absolute Gasteiger partial charge is 0.122 e. The quantitative estimate of drug-likeness (QED) is 0.791. The van der Waals surface area contributed by atoms with Crippen molar-refractivity contribution in [1.82, 2.24) is 5.32 Å². The molecule has 2 heteroatoms. The Morgan fingerprint density at radius 2 is 1.94 bits per heavy atom. The maximum Gasteiger partial charge on any atom is 0.122 e. The predicted molar refractivity (Wildman–Crippen MR) is 78.5 cm³/mol. The molecule has 0 aliphatic rings. The van der Waals surface area contributed by atoms with Crippen LogP contribution in [0.15, 0.2) is 18.2 Å². The van der Waals surface area contributed by atoms with E-state index in [2.05, 4.69) is 58.1 Å². The highest BCUT2D eigenvalue weighted by molar-refractivity contribution is 5.37. The number of hydrogen-bond acceptors (Lipinski definition) is 2. The Kier molecular flexibility index (Phi) is 6.20. The minimum atomic E-state index is 0.442. The van der Waals surface area contributed by atoms with E-state index in [9.17, 15) is 0 Å². The second-order valence-electron chi connectivity index (χ2n) is 5.15. The van der Waals surface area contributed by atoms with Crippen molar-refractivity contribution in [3.8, 4) is 5.75 Å². The van der Waals surface area contributed by atoms with Gasteiger partial charge in [-0.05, 0) is 43.0 Å². The molecule has 2 nitrogen and oxygen atoms in total. The summed E-state index contributed by atoms with van der Waals surface area (Å²) in [5.41, 5.74) is 2.55. The molecule has 0 fully saturated rings. The van der Waals surface area contributed by atoms with Gasteiger partial charge in [0.25, 0.3) is 0 Å². The summed E-state index contributed by atoms with van der Waals surface area (Å²) in [6, 6.07) is 6.96. The lowest BCUT2D eigenvalue weighted by atomic mass is 10.0. The number of hydrogen-bond donors (Lipinski definition) is 1. The number of ether oxygens (including phenoxy) is 1. The van der Waals surface area contributed by atoms with E-state index >= 15 is 0 Å². The molecule has 1 rings (SSSR count). The van der Waals surface area contributed by atoms with E-state index in [-0.39, 0.29) is 0 Å². The molecule has 0 saturated heterocycles. The Morgan fingerprint density at radius 3 is 2.50 bits per heavy atom. The molecule has 1 N–H and O–H groups in total. The van der Waals surface area contributed by atoms with Gasteiger partial charge >= 0.3 is 0 Å². The van der Waals surface area contributed by atoms with Gasteiger partial charge in [-0.1, -0.05) is 39.8 Å². The Balaban J connectivity index is 2.68. The molecule has 1 aromatic rings. The molecule has 0 bridgehead atoms. The van der Waals surface area contributed by atoms with Gasteiger partial charge in [-0.2, -0.15) is 0 Å². The fourth-order valence-electron chi connectivity index (χ4n) is 1.93. The first-order valence-corrected chi connectivity index (χ1v) is 7.05. The van der Waals surface area contributed by atoms with Gasteiger partial charge in [0.15, 0.2) is 0 Å². The third-order valence-electron chi connectivity index (χ3n) is 3.30. The summed E-state index contributed by atoms with van der Waals surface area (Å²) in [6.07, 6.45) is 1.09. The van der Waals surface area contributed by atoms with Crippen LogP contribution in [0.5, 0.6) is 5.75 Å². The summed E-state index contributed by atoms with van der Waals surface area (Å²) in [5.74, 6) is 1.57. The molecule has 0 heterocycles. The van der Waals surface area contributed by atoms with E-state index in [0.29, 0.717) is 12.0 Å². The van der Waals surface area contributed by atoms with Crippen LogP contribution in [0, 0.1) is 6.92 Å². The van der Waals surface area contributed by atoms with Gasteiger partial charge in [0.1, 0.15) is 12.4 Å². The van der Waals surface area contributed by atoms with E-state index in [1.165, 1.54) is 11.1 Å². The van der Waals surface area contributed by atoms with Crippen LogP contribution in [0.3, 0.4) is 0 Å². The summed E-state index contributed by atoms with van der Waals surface area (Å²) in [6.45, 7) is 12.6. The highest BCUT2D eigenvalue weighted by Crippen LogP contribution is 2.24. The maximum atomic E-state index is 5.97. The second-order valence-corrected chi connectivity index (χ2v) is 5.15. The Labute approximate surface area is 112 Å². The van der Waals surface area contributed by atoms with E-state index in [1.807, 2.05) is 0 Å². The summed E-state index contributed by atoms with van der Waals surface area (Å²) in [4.78, 5) is 0. The van der Waals surface area contributed by atoms with Crippen LogP contribution in [-0.2, 0) is 0 Å². The lowest BCUT2D eigenvalue weighted by Gasteiger charge is -2.18. The number of likely N-dealkylation sites (N-methyl/N-ethyl adjacent to an activating group) is 1. The third-order valence-corrected chi connectivity index (χ3v) is 3.30. The second kappa shape index (κ2) is 7.42. The molecule has 0 aliphatic heterocycles. The fraction of sp³-hybridized carbons (Fsp3) is 0.625. The summed E-state index contributed by atoms with van der Waals surface area (Å²) >= 11 is 0. The van der Waals surface area contributed by atoms with Crippen LogP contribution in [0.2, 0.25) is 0 Å². The van der Waals surface area contributed by atoms with E-state index in [0.717, 1.165) is 25.3 Å². The zero-order valence-electron chi connectivity index (χ0n) is 12.4. The van der Waals surface area contributed by atoms with E-state index in [1.54, 1.807) is 0 Å². The molecule has 1 unspecified atom stereocenters. The first kappa shape index (κ1) is 15.0. The molecule has 0 amide bonds. The SMILES string of the molecule is CCNC(CC)COc1cc(C(C)C)ccc1C. The Hall–Kier alpha value is -1.02. The molecule has 18 heavy (non-hydrogen) atoms. The molecule has 1 atom stereocenters. The fourth-order valence-corrected chi connectivity index (χ4v) is 1.93. The third kappa shape index (κ3) is 4.34. The lowest BCUT2D eigenvalue weighted by molar-refractivity contribution is 0.260. The van der Waals surface area contributed by atoms with Gasteiger partial charge in [-0.3, -0.25) is 0 Å². The Bertz CT molecular complexity index is 360. The highest BCUT2D eigenvalue weighted by atomic mass is 16.5. The van der Waals surface area contributed by atoms with E-state index in [4.69, 9.17) is 4.74 Å². The molecule has 1 aromatic carbocycles. The van der Waals surface area contributed by atoms with Gasteiger partial charge in [0, 0.05) is 6.04 Å². The van der Waals surface area contributed by atoms with Crippen molar-refractivity contribution in [3.63, 3.8) is 0 Å². The minimum Gasteiger partial charge on any atom is -0.492 e. The van der Waals surface area contributed by atoms with Crippen molar-refractivity contribution in [2.75, 3.05) is 13.2 Å². The monoisotopic (exact) mass is 249 g/mol. The van der Waals surface area contributed by atoms with Crippen LogP contribution < -0.4 is 10.1 Å². The van der Waals surface area contributed by atoms with Gasteiger partial charge in [0.2, 0.25) is 0 Å². The van der Waals surface area contributed by atoms with Crippen LogP contribution >= 0.6 is 0 Å². The molecule has 0 spiro atoms. The molecule has 0 radical (unpaired) electrons. The van der Waals surface area contributed by atoms with Gasteiger partial charge < -0.3 is 10.1 Å². The molecule has 0 aromatic heterocycles. The molecule has 0 aliphatic carbocycles. The van der Waals surface area contributed by atoms with Crippen molar-refractivity contribution in [2.24, 2.45) is 0 Å². The normalized spacial score (nSPS) is 12.8. The lowest BCUT2D eigenvalue weighted by Crippen LogP contribution is -2.33. The summed E-state index contributed by atoms with van der Waals surface area (Å²) < 4.78 is 5.97.